The Labute approximate surface area is 137 Å². The van der Waals surface area contributed by atoms with Gasteiger partial charge in [0.1, 0.15) is 0 Å². The molecule has 3 aromatic carbocycles. The summed E-state index contributed by atoms with van der Waals surface area (Å²) in [6, 6.07) is 25.2. The van der Waals surface area contributed by atoms with Gasteiger partial charge in [-0.2, -0.15) is 5.26 Å². The summed E-state index contributed by atoms with van der Waals surface area (Å²) in [5, 5.41) is 9.26. The number of nitrogens with zero attached hydrogens (tertiary/aromatic N) is 1. The highest BCUT2D eigenvalue weighted by molar-refractivity contribution is 5.73. The van der Waals surface area contributed by atoms with Crippen molar-refractivity contribution in [3.05, 3.63) is 94.5 Å². The molecule has 0 radical (unpaired) electrons. The molecule has 0 fully saturated rings. The van der Waals surface area contributed by atoms with Gasteiger partial charge in [-0.1, -0.05) is 60.2 Å². The van der Waals surface area contributed by atoms with E-state index in [1.165, 1.54) is 27.8 Å². The molecule has 0 aliphatic heterocycles. The summed E-state index contributed by atoms with van der Waals surface area (Å²) >= 11 is 0. The third-order valence-corrected chi connectivity index (χ3v) is 4.16. The van der Waals surface area contributed by atoms with E-state index in [0.717, 1.165) is 12.0 Å². The first kappa shape index (κ1) is 15.1. The molecule has 0 saturated heterocycles. The average molecular weight is 297 g/mol. The van der Waals surface area contributed by atoms with E-state index in [1.807, 2.05) is 18.2 Å². The van der Waals surface area contributed by atoms with Crippen molar-refractivity contribution in [2.24, 2.45) is 0 Å². The van der Waals surface area contributed by atoms with Crippen LogP contribution in [-0.2, 0) is 6.42 Å². The van der Waals surface area contributed by atoms with Crippen LogP contribution >= 0.6 is 0 Å². The molecule has 3 aromatic rings. The van der Waals surface area contributed by atoms with Crippen molar-refractivity contribution in [2.45, 2.75) is 20.3 Å². The van der Waals surface area contributed by atoms with Crippen LogP contribution in [0.2, 0.25) is 0 Å². The summed E-state index contributed by atoms with van der Waals surface area (Å²) in [4.78, 5) is 0. The van der Waals surface area contributed by atoms with Gasteiger partial charge in [0.15, 0.2) is 0 Å². The lowest BCUT2D eigenvalue weighted by molar-refractivity contribution is 1.19. The van der Waals surface area contributed by atoms with E-state index in [9.17, 15) is 5.26 Å². The minimum absolute atomic E-state index is 0.706. The number of hydrogen-bond acceptors (Lipinski definition) is 1. The highest BCUT2D eigenvalue weighted by Crippen LogP contribution is 2.30. The van der Waals surface area contributed by atoms with E-state index in [4.69, 9.17) is 0 Å². The number of rotatable bonds is 3. The largest absolute Gasteiger partial charge is 0.192 e. The zero-order chi connectivity index (χ0) is 16.2. The van der Waals surface area contributed by atoms with E-state index in [1.54, 1.807) is 0 Å². The summed E-state index contributed by atoms with van der Waals surface area (Å²) in [6.07, 6.45) is 0.870. The molecule has 3 rings (SSSR count). The molecule has 0 bridgehead atoms. The first-order valence-electron chi connectivity index (χ1n) is 7.82. The lowest BCUT2D eigenvalue weighted by Crippen LogP contribution is -1.95. The third kappa shape index (κ3) is 3.33. The van der Waals surface area contributed by atoms with Crippen LogP contribution in [0.5, 0.6) is 0 Å². The van der Waals surface area contributed by atoms with E-state index in [-0.39, 0.29) is 0 Å². The Bertz CT molecular complexity index is 870. The summed E-state index contributed by atoms with van der Waals surface area (Å²) < 4.78 is 0. The van der Waals surface area contributed by atoms with Crippen molar-refractivity contribution in [3.63, 3.8) is 0 Å². The molecule has 0 atom stereocenters. The zero-order valence-corrected chi connectivity index (χ0v) is 13.5. The van der Waals surface area contributed by atoms with Crippen LogP contribution in [0.4, 0.5) is 0 Å². The molecular weight excluding hydrogens is 278 g/mol. The zero-order valence-electron chi connectivity index (χ0n) is 13.5. The standard InChI is InChI=1S/C22H19N/c1-16-8-9-17(2)21(12-16)22-14-19(15-23)10-11-20(22)13-18-6-4-3-5-7-18/h3-12,14H,13H2,1-2H3. The Morgan fingerprint density at radius 3 is 2.35 bits per heavy atom. The van der Waals surface area contributed by atoms with Crippen molar-refractivity contribution >= 4 is 0 Å². The highest BCUT2D eigenvalue weighted by atomic mass is 14.2. The third-order valence-electron chi connectivity index (χ3n) is 4.16. The van der Waals surface area contributed by atoms with E-state index < -0.39 is 0 Å². The fraction of sp³-hybridized carbons (Fsp3) is 0.136. The number of benzene rings is 3. The molecule has 0 amide bonds. The van der Waals surface area contributed by atoms with Crippen LogP contribution in [-0.4, -0.2) is 0 Å². The van der Waals surface area contributed by atoms with Gasteiger partial charge in [-0.05, 0) is 60.2 Å². The lowest BCUT2D eigenvalue weighted by Gasteiger charge is -2.14. The lowest BCUT2D eigenvalue weighted by atomic mass is 9.90. The predicted molar refractivity (Wildman–Crippen MR) is 95.3 cm³/mol. The molecule has 0 aliphatic carbocycles. The van der Waals surface area contributed by atoms with Gasteiger partial charge < -0.3 is 0 Å². The molecule has 1 nitrogen and oxygen atoms in total. The van der Waals surface area contributed by atoms with Crippen molar-refractivity contribution in [2.75, 3.05) is 0 Å². The van der Waals surface area contributed by atoms with Crippen LogP contribution in [0, 0.1) is 25.2 Å². The highest BCUT2D eigenvalue weighted by Gasteiger charge is 2.10. The molecule has 0 heterocycles. The first-order chi connectivity index (χ1) is 11.2. The van der Waals surface area contributed by atoms with Crippen molar-refractivity contribution in [1.29, 1.82) is 5.26 Å². The summed E-state index contributed by atoms with van der Waals surface area (Å²) in [6.45, 7) is 4.23. The summed E-state index contributed by atoms with van der Waals surface area (Å²) in [5.41, 5.74) is 8.09. The van der Waals surface area contributed by atoms with E-state index in [0.29, 0.717) is 5.56 Å². The van der Waals surface area contributed by atoms with Crippen molar-refractivity contribution in [1.82, 2.24) is 0 Å². The second kappa shape index (κ2) is 6.50. The van der Waals surface area contributed by atoms with Crippen LogP contribution in [0.15, 0.2) is 66.7 Å². The van der Waals surface area contributed by atoms with Gasteiger partial charge in [-0.3, -0.25) is 0 Å². The molecular formula is C22H19N. The normalized spacial score (nSPS) is 10.3. The Morgan fingerprint density at radius 2 is 1.61 bits per heavy atom. The second-order valence-corrected chi connectivity index (χ2v) is 5.96. The van der Waals surface area contributed by atoms with Gasteiger partial charge in [0.2, 0.25) is 0 Å². The van der Waals surface area contributed by atoms with Gasteiger partial charge in [0.25, 0.3) is 0 Å². The van der Waals surface area contributed by atoms with Gasteiger partial charge in [0, 0.05) is 0 Å². The summed E-state index contributed by atoms with van der Waals surface area (Å²) in [7, 11) is 0. The molecule has 0 saturated carbocycles. The van der Waals surface area contributed by atoms with Crippen molar-refractivity contribution < 1.29 is 0 Å². The number of nitriles is 1. The maximum Gasteiger partial charge on any atom is 0.0991 e. The first-order valence-corrected chi connectivity index (χ1v) is 7.82. The molecule has 0 aliphatic rings. The Hall–Kier alpha value is -2.85. The minimum Gasteiger partial charge on any atom is -0.192 e. The number of hydrogen-bond donors (Lipinski definition) is 0. The van der Waals surface area contributed by atoms with Gasteiger partial charge >= 0.3 is 0 Å². The van der Waals surface area contributed by atoms with Crippen molar-refractivity contribution in [3.8, 4) is 17.2 Å². The van der Waals surface area contributed by atoms with Crippen LogP contribution in [0.1, 0.15) is 27.8 Å². The Kier molecular flexibility index (Phi) is 4.26. The second-order valence-electron chi connectivity index (χ2n) is 5.96. The van der Waals surface area contributed by atoms with Crippen LogP contribution < -0.4 is 0 Å². The SMILES string of the molecule is Cc1ccc(C)c(-c2cc(C#N)ccc2Cc2ccccc2)c1. The molecule has 1 heteroatoms. The van der Waals surface area contributed by atoms with E-state index >= 15 is 0 Å². The predicted octanol–water partition coefficient (Wildman–Crippen LogP) is 5.43. The fourth-order valence-electron chi connectivity index (χ4n) is 2.89. The molecule has 0 N–H and O–H groups in total. The average Bonchev–Trinajstić information content (AvgIpc) is 2.58. The Morgan fingerprint density at radius 1 is 0.826 bits per heavy atom. The van der Waals surface area contributed by atoms with Gasteiger partial charge in [0.05, 0.1) is 11.6 Å². The topological polar surface area (TPSA) is 23.8 Å². The van der Waals surface area contributed by atoms with Gasteiger partial charge in [-0.25, -0.2) is 0 Å². The van der Waals surface area contributed by atoms with Crippen LogP contribution in [0.3, 0.4) is 0 Å². The summed E-state index contributed by atoms with van der Waals surface area (Å²) in [5.74, 6) is 0. The smallest absolute Gasteiger partial charge is 0.0991 e. The maximum absolute atomic E-state index is 9.26. The molecule has 0 unspecified atom stereocenters. The van der Waals surface area contributed by atoms with E-state index in [2.05, 4.69) is 68.4 Å². The van der Waals surface area contributed by atoms with Crippen LogP contribution in [0.25, 0.3) is 11.1 Å². The Balaban J connectivity index is 2.14. The fourth-order valence-corrected chi connectivity index (χ4v) is 2.89. The van der Waals surface area contributed by atoms with Gasteiger partial charge in [-0.15, -0.1) is 0 Å². The molecule has 0 spiro atoms. The minimum atomic E-state index is 0.706. The molecule has 112 valence electrons. The quantitative estimate of drug-likeness (QED) is 0.632. The number of aryl methyl sites for hydroxylation is 2. The monoisotopic (exact) mass is 297 g/mol. The molecule has 23 heavy (non-hydrogen) atoms. The molecule has 0 aromatic heterocycles. The maximum atomic E-state index is 9.26.